The number of amides is 1. The molecule has 0 spiro atoms. The number of benzene rings is 1. The zero-order chi connectivity index (χ0) is 17.9. The van der Waals surface area contributed by atoms with Crippen LogP contribution in [0.2, 0.25) is 5.15 Å². The van der Waals surface area contributed by atoms with E-state index < -0.39 is 0 Å². The fraction of sp³-hybridized carbons (Fsp3) is 0.105. The Labute approximate surface area is 154 Å². The van der Waals surface area contributed by atoms with E-state index in [1.54, 1.807) is 47.1 Å². The molecule has 2 aromatic heterocycles. The van der Waals surface area contributed by atoms with Crippen LogP contribution in [0, 0.1) is 0 Å². The molecule has 0 radical (unpaired) electrons. The van der Waals surface area contributed by atoms with Crippen LogP contribution in [0.4, 0.5) is 0 Å². The Hall–Kier alpha value is -3.12. The lowest BCUT2D eigenvalue weighted by Crippen LogP contribution is -2.23. The van der Waals surface area contributed by atoms with Crippen molar-refractivity contribution in [3.05, 3.63) is 77.4 Å². The van der Waals surface area contributed by atoms with Gasteiger partial charge in [-0.1, -0.05) is 29.8 Å². The van der Waals surface area contributed by atoms with Gasteiger partial charge in [0.1, 0.15) is 10.9 Å². The van der Waals surface area contributed by atoms with Crippen LogP contribution in [-0.2, 0) is 0 Å². The van der Waals surface area contributed by atoms with Crippen molar-refractivity contribution in [2.45, 2.75) is 12.8 Å². The van der Waals surface area contributed by atoms with E-state index in [0.29, 0.717) is 23.0 Å². The predicted molar refractivity (Wildman–Crippen MR) is 98.4 cm³/mol. The number of aromatic nitrogens is 3. The van der Waals surface area contributed by atoms with E-state index in [1.165, 1.54) is 0 Å². The smallest absolute Gasteiger partial charge is 0.255 e. The number of carbonyl (C=O) groups excluding carboxylic acids is 1. The molecule has 26 heavy (non-hydrogen) atoms. The molecule has 0 bridgehead atoms. The minimum absolute atomic E-state index is 0.169. The summed E-state index contributed by atoms with van der Waals surface area (Å²) < 4.78 is 7.58. The van der Waals surface area contributed by atoms with E-state index in [9.17, 15) is 4.79 Å². The van der Waals surface area contributed by atoms with E-state index in [1.807, 2.05) is 12.2 Å². The highest BCUT2D eigenvalue weighted by Gasteiger charge is 2.11. The highest BCUT2D eigenvalue weighted by molar-refractivity contribution is 6.29. The molecule has 1 aromatic carbocycles. The van der Waals surface area contributed by atoms with Gasteiger partial charge in [0.25, 0.3) is 5.91 Å². The average Bonchev–Trinajstić information content (AvgIpc) is 3.11. The van der Waals surface area contributed by atoms with E-state index >= 15 is 0 Å². The number of nitrogens with zero attached hydrogens (tertiary/aromatic N) is 3. The van der Waals surface area contributed by atoms with Gasteiger partial charge in [0, 0.05) is 29.7 Å². The molecule has 0 atom stereocenters. The Morgan fingerprint density at radius 1 is 1.31 bits per heavy atom. The van der Waals surface area contributed by atoms with Crippen LogP contribution in [0.25, 0.3) is 5.78 Å². The lowest BCUT2D eigenvalue weighted by atomic mass is 10.1. The first-order valence-corrected chi connectivity index (χ1v) is 8.51. The van der Waals surface area contributed by atoms with Crippen LogP contribution >= 0.6 is 11.6 Å². The standard InChI is InChI=1S/C19H15ClN4O2/c20-16-12-17(24-10-9-21-19(24)23-16)26-15-8-4-5-13(11-15)18(25)22-14-6-2-1-3-7-14/h1-2,4-6,8-12H,3,7H2,(H,22,25). The first-order valence-electron chi connectivity index (χ1n) is 8.13. The maximum Gasteiger partial charge on any atom is 0.255 e. The Morgan fingerprint density at radius 3 is 3.08 bits per heavy atom. The van der Waals surface area contributed by atoms with Crippen molar-refractivity contribution in [1.82, 2.24) is 19.7 Å². The minimum atomic E-state index is -0.169. The van der Waals surface area contributed by atoms with Crippen molar-refractivity contribution >= 4 is 23.3 Å². The second kappa shape index (κ2) is 7.01. The van der Waals surface area contributed by atoms with Gasteiger partial charge < -0.3 is 10.1 Å². The highest BCUT2D eigenvalue weighted by Crippen LogP contribution is 2.25. The molecule has 1 aliphatic rings. The maximum absolute atomic E-state index is 12.5. The number of carbonyl (C=O) groups is 1. The van der Waals surface area contributed by atoms with Gasteiger partial charge >= 0.3 is 0 Å². The fourth-order valence-electron chi connectivity index (χ4n) is 2.67. The van der Waals surface area contributed by atoms with Gasteiger partial charge in [0.15, 0.2) is 0 Å². The lowest BCUT2D eigenvalue weighted by Gasteiger charge is -2.12. The summed E-state index contributed by atoms with van der Waals surface area (Å²) in [4.78, 5) is 20.7. The number of ether oxygens (including phenoxy) is 1. The molecule has 0 fully saturated rings. The number of allylic oxidation sites excluding steroid dienone is 4. The van der Waals surface area contributed by atoms with Gasteiger partial charge in [-0.2, -0.15) is 0 Å². The number of fused-ring (bicyclic) bond motifs is 1. The zero-order valence-corrected chi connectivity index (χ0v) is 14.5. The van der Waals surface area contributed by atoms with Gasteiger partial charge in [-0.3, -0.25) is 9.20 Å². The molecular formula is C19H15ClN4O2. The molecule has 3 aromatic rings. The van der Waals surface area contributed by atoms with Gasteiger partial charge in [0.05, 0.1) is 0 Å². The van der Waals surface area contributed by atoms with Gasteiger partial charge in [-0.15, -0.1) is 0 Å². The van der Waals surface area contributed by atoms with E-state index in [-0.39, 0.29) is 11.1 Å². The molecule has 130 valence electrons. The maximum atomic E-state index is 12.5. The topological polar surface area (TPSA) is 68.5 Å². The summed E-state index contributed by atoms with van der Waals surface area (Å²) in [7, 11) is 0. The van der Waals surface area contributed by atoms with Crippen molar-refractivity contribution in [3.8, 4) is 11.6 Å². The Kier molecular flexibility index (Phi) is 4.41. The van der Waals surface area contributed by atoms with Crippen LogP contribution in [0.1, 0.15) is 23.2 Å². The second-order valence-corrected chi connectivity index (χ2v) is 6.14. The zero-order valence-electron chi connectivity index (χ0n) is 13.7. The van der Waals surface area contributed by atoms with Crippen molar-refractivity contribution in [3.63, 3.8) is 0 Å². The number of halogens is 1. The Bertz CT molecular complexity index is 1040. The number of nitrogens with one attached hydrogen (secondary N) is 1. The van der Waals surface area contributed by atoms with Crippen molar-refractivity contribution in [1.29, 1.82) is 0 Å². The van der Waals surface area contributed by atoms with Crippen LogP contribution in [0.3, 0.4) is 0 Å². The third-order valence-corrected chi connectivity index (χ3v) is 4.11. The minimum Gasteiger partial charge on any atom is -0.440 e. The monoisotopic (exact) mass is 366 g/mol. The molecule has 0 aliphatic heterocycles. The summed E-state index contributed by atoms with van der Waals surface area (Å²) in [6.07, 6.45) is 11.0. The quantitative estimate of drug-likeness (QED) is 0.704. The Balaban J connectivity index is 1.57. The molecule has 0 saturated heterocycles. The second-order valence-electron chi connectivity index (χ2n) is 5.76. The summed E-state index contributed by atoms with van der Waals surface area (Å²) in [6, 6.07) is 8.57. The summed E-state index contributed by atoms with van der Waals surface area (Å²) in [5.74, 6) is 1.26. The summed E-state index contributed by atoms with van der Waals surface area (Å²) in [6.45, 7) is 0. The van der Waals surface area contributed by atoms with Gasteiger partial charge in [-0.25, -0.2) is 9.97 Å². The molecule has 4 rings (SSSR count). The summed E-state index contributed by atoms with van der Waals surface area (Å²) >= 11 is 6.02. The number of imidazole rings is 1. The predicted octanol–water partition coefficient (Wildman–Crippen LogP) is 4.14. The first-order chi connectivity index (χ1) is 12.7. The molecule has 7 heteroatoms. The molecule has 2 heterocycles. The number of hydrogen-bond acceptors (Lipinski definition) is 4. The normalized spacial score (nSPS) is 13.5. The third-order valence-electron chi connectivity index (χ3n) is 3.91. The van der Waals surface area contributed by atoms with Gasteiger partial charge in [-0.05, 0) is 37.1 Å². The molecule has 1 aliphatic carbocycles. The summed E-state index contributed by atoms with van der Waals surface area (Å²) in [5.41, 5.74) is 1.42. The largest absolute Gasteiger partial charge is 0.440 e. The van der Waals surface area contributed by atoms with E-state index in [2.05, 4.69) is 21.4 Å². The summed E-state index contributed by atoms with van der Waals surface area (Å²) in [5, 5.41) is 3.21. The average molecular weight is 367 g/mol. The highest BCUT2D eigenvalue weighted by atomic mass is 35.5. The molecule has 0 unspecified atom stereocenters. The third kappa shape index (κ3) is 3.45. The molecular weight excluding hydrogens is 352 g/mol. The van der Waals surface area contributed by atoms with Gasteiger partial charge in [0.2, 0.25) is 11.7 Å². The molecule has 0 saturated carbocycles. The molecule has 6 nitrogen and oxygen atoms in total. The first kappa shape index (κ1) is 16.4. The lowest BCUT2D eigenvalue weighted by molar-refractivity contribution is 0.0964. The Morgan fingerprint density at radius 2 is 2.23 bits per heavy atom. The SMILES string of the molecule is O=C(NC1=CC=CCC1)c1cccc(Oc2cc(Cl)nc3nccn23)c1. The number of hydrogen-bond donors (Lipinski definition) is 1. The van der Waals surface area contributed by atoms with E-state index in [0.717, 1.165) is 18.5 Å². The van der Waals surface area contributed by atoms with Crippen LogP contribution in [0.5, 0.6) is 11.6 Å². The van der Waals surface area contributed by atoms with Crippen molar-refractivity contribution in [2.75, 3.05) is 0 Å². The molecule has 1 N–H and O–H groups in total. The van der Waals surface area contributed by atoms with Crippen molar-refractivity contribution in [2.24, 2.45) is 0 Å². The molecule has 1 amide bonds. The fourth-order valence-corrected chi connectivity index (χ4v) is 2.84. The van der Waals surface area contributed by atoms with Crippen molar-refractivity contribution < 1.29 is 9.53 Å². The number of rotatable bonds is 4. The van der Waals surface area contributed by atoms with E-state index in [4.69, 9.17) is 16.3 Å². The van der Waals surface area contributed by atoms with Crippen LogP contribution < -0.4 is 10.1 Å². The van der Waals surface area contributed by atoms with Crippen LogP contribution in [-0.4, -0.2) is 20.3 Å². The van der Waals surface area contributed by atoms with Crippen LogP contribution in [0.15, 0.2) is 66.7 Å².